The molecule has 0 aliphatic heterocycles. The minimum absolute atomic E-state index is 0.965. The predicted molar refractivity (Wildman–Crippen MR) is 110 cm³/mol. The number of aromatic nitrogens is 1. The summed E-state index contributed by atoms with van der Waals surface area (Å²) in [6, 6.07) is 29.3. The zero-order chi connectivity index (χ0) is 17.8. The fourth-order valence-corrected chi connectivity index (χ4v) is 3.87. The highest BCUT2D eigenvalue weighted by Gasteiger charge is 2.10. The molecule has 0 radical (unpaired) electrons. The summed E-state index contributed by atoms with van der Waals surface area (Å²) in [5.41, 5.74) is 5.81. The molecule has 128 valence electrons. The van der Waals surface area contributed by atoms with Gasteiger partial charge < -0.3 is 0 Å². The summed E-state index contributed by atoms with van der Waals surface area (Å²) in [6.45, 7) is 2.18. The Morgan fingerprint density at radius 3 is 2.12 bits per heavy atom. The van der Waals surface area contributed by atoms with Crippen LogP contribution >= 0.6 is 11.3 Å². The monoisotopic (exact) mass is 356 g/mol. The molecular weight excluding hydrogens is 336 g/mol. The van der Waals surface area contributed by atoms with Crippen LogP contribution in [0.25, 0.3) is 16.9 Å². The molecule has 2 nitrogen and oxygen atoms in total. The predicted octanol–water partition coefficient (Wildman–Crippen LogP) is 6.00. The van der Waals surface area contributed by atoms with Gasteiger partial charge in [0.1, 0.15) is 0 Å². The molecule has 1 aromatic heterocycles. The fourth-order valence-electron chi connectivity index (χ4n) is 2.94. The second kappa shape index (κ2) is 7.54. The third-order valence-corrected chi connectivity index (χ3v) is 5.19. The summed E-state index contributed by atoms with van der Waals surface area (Å²) in [6.07, 6.45) is 1.05. The van der Waals surface area contributed by atoms with Crippen molar-refractivity contribution < 1.29 is 0 Å². The topological polar surface area (TPSA) is 17.3 Å². The fraction of sp³-hybridized carbons (Fsp3) is 0.0870. The van der Waals surface area contributed by atoms with Gasteiger partial charge in [0, 0.05) is 11.1 Å². The van der Waals surface area contributed by atoms with Crippen LogP contribution in [0.3, 0.4) is 0 Å². The highest BCUT2D eigenvalue weighted by Crippen LogP contribution is 2.24. The van der Waals surface area contributed by atoms with Gasteiger partial charge in [-0.15, -0.1) is 11.3 Å². The van der Waals surface area contributed by atoms with E-state index in [9.17, 15) is 0 Å². The number of nitrogens with zero attached hydrogens (tertiary/aromatic N) is 2. The Balaban J connectivity index is 1.91. The molecule has 0 spiro atoms. The molecule has 0 atom stereocenters. The Morgan fingerprint density at radius 1 is 0.808 bits per heavy atom. The van der Waals surface area contributed by atoms with E-state index in [4.69, 9.17) is 4.99 Å². The van der Waals surface area contributed by atoms with Crippen molar-refractivity contribution in [1.82, 2.24) is 4.57 Å². The lowest BCUT2D eigenvalue weighted by Crippen LogP contribution is -2.13. The van der Waals surface area contributed by atoms with E-state index >= 15 is 0 Å². The third kappa shape index (κ3) is 3.39. The molecule has 1 heterocycles. The normalized spacial score (nSPS) is 11.7. The van der Waals surface area contributed by atoms with Gasteiger partial charge in [0.25, 0.3) is 0 Å². The minimum Gasteiger partial charge on any atom is -0.285 e. The molecule has 0 bridgehead atoms. The smallest absolute Gasteiger partial charge is 0.195 e. The Labute approximate surface area is 157 Å². The summed E-state index contributed by atoms with van der Waals surface area (Å²) < 4.78 is 2.23. The van der Waals surface area contributed by atoms with Gasteiger partial charge in [0.15, 0.2) is 4.80 Å². The highest BCUT2D eigenvalue weighted by atomic mass is 32.1. The maximum Gasteiger partial charge on any atom is 0.195 e. The number of aryl methyl sites for hydroxylation is 1. The van der Waals surface area contributed by atoms with Crippen molar-refractivity contribution in [2.24, 2.45) is 4.99 Å². The van der Waals surface area contributed by atoms with Crippen LogP contribution in [-0.4, -0.2) is 4.57 Å². The van der Waals surface area contributed by atoms with Crippen molar-refractivity contribution in [2.75, 3.05) is 0 Å². The average molecular weight is 356 g/mol. The van der Waals surface area contributed by atoms with Crippen LogP contribution in [0, 0.1) is 0 Å². The van der Waals surface area contributed by atoms with Crippen LogP contribution in [0.15, 0.2) is 95.3 Å². The Morgan fingerprint density at radius 2 is 1.46 bits per heavy atom. The largest absolute Gasteiger partial charge is 0.285 e. The van der Waals surface area contributed by atoms with Gasteiger partial charge in [-0.2, -0.15) is 0 Å². The van der Waals surface area contributed by atoms with Crippen molar-refractivity contribution in [2.45, 2.75) is 13.3 Å². The van der Waals surface area contributed by atoms with Gasteiger partial charge >= 0.3 is 0 Å². The second-order valence-corrected chi connectivity index (χ2v) is 6.91. The van der Waals surface area contributed by atoms with Crippen molar-refractivity contribution in [3.63, 3.8) is 0 Å². The van der Waals surface area contributed by atoms with E-state index in [1.807, 2.05) is 36.4 Å². The van der Waals surface area contributed by atoms with Crippen LogP contribution < -0.4 is 4.80 Å². The Bertz CT molecular complexity index is 1040. The maximum absolute atomic E-state index is 4.88. The van der Waals surface area contributed by atoms with E-state index in [1.165, 1.54) is 16.8 Å². The van der Waals surface area contributed by atoms with E-state index in [-0.39, 0.29) is 0 Å². The SMILES string of the molecule is CCc1ccc(-c2csc(=Nc3ccccc3)n2-c2ccccc2)cc1. The van der Waals surface area contributed by atoms with E-state index in [0.717, 1.165) is 22.6 Å². The van der Waals surface area contributed by atoms with Crippen molar-refractivity contribution in [3.05, 3.63) is 101 Å². The molecule has 0 fully saturated rings. The van der Waals surface area contributed by atoms with E-state index in [2.05, 4.69) is 65.4 Å². The number of hydrogen-bond donors (Lipinski definition) is 0. The summed E-state index contributed by atoms with van der Waals surface area (Å²) in [4.78, 5) is 5.85. The number of thiazole rings is 1. The lowest BCUT2D eigenvalue weighted by molar-refractivity contribution is 1.01. The van der Waals surface area contributed by atoms with Crippen LogP contribution in [0.5, 0.6) is 0 Å². The summed E-state index contributed by atoms with van der Waals surface area (Å²) >= 11 is 1.67. The van der Waals surface area contributed by atoms with Gasteiger partial charge in [-0.1, -0.05) is 67.6 Å². The summed E-state index contributed by atoms with van der Waals surface area (Å²) in [5.74, 6) is 0. The molecular formula is C23H20N2S. The third-order valence-electron chi connectivity index (χ3n) is 4.36. The zero-order valence-corrected chi connectivity index (χ0v) is 15.5. The number of benzene rings is 3. The minimum atomic E-state index is 0.965. The van der Waals surface area contributed by atoms with Gasteiger partial charge in [0.05, 0.1) is 11.4 Å². The van der Waals surface area contributed by atoms with Crippen LogP contribution in [0.2, 0.25) is 0 Å². The van der Waals surface area contributed by atoms with Crippen molar-refractivity contribution in [3.8, 4) is 16.9 Å². The summed E-state index contributed by atoms with van der Waals surface area (Å²) in [7, 11) is 0. The maximum atomic E-state index is 4.88. The van der Waals surface area contributed by atoms with Gasteiger partial charge in [-0.05, 0) is 41.8 Å². The molecule has 0 amide bonds. The van der Waals surface area contributed by atoms with Crippen molar-refractivity contribution >= 4 is 17.0 Å². The van der Waals surface area contributed by atoms with Crippen LogP contribution in [0.1, 0.15) is 12.5 Å². The van der Waals surface area contributed by atoms with Gasteiger partial charge in [-0.3, -0.25) is 4.57 Å². The molecule has 0 aliphatic rings. The Hall–Kier alpha value is -2.91. The number of hydrogen-bond acceptors (Lipinski definition) is 2. The molecule has 0 unspecified atom stereocenters. The first kappa shape index (κ1) is 16.6. The lowest BCUT2D eigenvalue weighted by Gasteiger charge is -2.10. The first-order chi connectivity index (χ1) is 12.8. The van der Waals surface area contributed by atoms with E-state index < -0.39 is 0 Å². The molecule has 0 saturated carbocycles. The van der Waals surface area contributed by atoms with E-state index in [1.54, 1.807) is 11.3 Å². The molecule has 0 aliphatic carbocycles. The van der Waals surface area contributed by atoms with Gasteiger partial charge in [-0.25, -0.2) is 4.99 Å². The molecule has 3 heteroatoms. The lowest BCUT2D eigenvalue weighted by atomic mass is 10.1. The second-order valence-electron chi connectivity index (χ2n) is 6.07. The van der Waals surface area contributed by atoms with Crippen LogP contribution in [0.4, 0.5) is 5.69 Å². The van der Waals surface area contributed by atoms with Gasteiger partial charge in [0.2, 0.25) is 0 Å². The highest BCUT2D eigenvalue weighted by molar-refractivity contribution is 7.07. The summed E-state index contributed by atoms with van der Waals surface area (Å²) in [5, 5.41) is 2.19. The zero-order valence-electron chi connectivity index (χ0n) is 14.7. The van der Waals surface area contributed by atoms with Crippen LogP contribution in [-0.2, 0) is 6.42 Å². The molecule has 3 aromatic carbocycles. The van der Waals surface area contributed by atoms with Crippen molar-refractivity contribution in [1.29, 1.82) is 0 Å². The molecule has 4 rings (SSSR count). The standard InChI is InChI=1S/C23H20N2S/c1-2-18-13-15-19(16-14-18)22-17-26-23(24-20-9-5-3-6-10-20)25(22)21-11-7-4-8-12-21/h3-17H,2H2,1H3. The first-order valence-electron chi connectivity index (χ1n) is 8.80. The number of para-hydroxylation sites is 2. The average Bonchev–Trinajstić information content (AvgIpc) is 3.13. The Kier molecular flexibility index (Phi) is 4.80. The first-order valence-corrected chi connectivity index (χ1v) is 9.68. The molecule has 26 heavy (non-hydrogen) atoms. The quantitative estimate of drug-likeness (QED) is 0.427. The van der Waals surface area contributed by atoms with E-state index in [0.29, 0.717) is 0 Å². The molecule has 0 N–H and O–H groups in total. The number of rotatable bonds is 4. The molecule has 4 aromatic rings. The molecule has 0 saturated heterocycles.